The second kappa shape index (κ2) is 3.79. The van der Waals surface area contributed by atoms with Crippen molar-refractivity contribution in [2.45, 2.75) is 36.9 Å². The average molecular weight is 258 g/mol. The first-order valence-electron chi connectivity index (χ1n) is 6.22. The molecule has 14 heavy (non-hydrogen) atoms. The van der Waals surface area contributed by atoms with Crippen LogP contribution in [0.15, 0.2) is 0 Å². The molecule has 1 nitrogen and oxygen atoms in total. The number of hydrogen-bond acceptors (Lipinski definition) is 1. The van der Waals surface area contributed by atoms with Crippen LogP contribution in [0.3, 0.4) is 0 Å². The summed E-state index contributed by atoms with van der Waals surface area (Å²) in [4.78, 5) is 0.825. The molecule has 3 fully saturated rings. The fraction of sp³-hybridized carbons (Fsp3) is 1.00. The summed E-state index contributed by atoms with van der Waals surface area (Å²) < 4.78 is 0. The van der Waals surface area contributed by atoms with E-state index in [-0.39, 0.29) is 0 Å². The van der Waals surface area contributed by atoms with E-state index in [1.54, 1.807) is 0 Å². The lowest BCUT2D eigenvalue weighted by Crippen LogP contribution is -2.38. The molecule has 0 bridgehead atoms. The minimum absolute atomic E-state index is 0.825. The van der Waals surface area contributed by atoms with Crippen LogP contribution in [0, 0.1) is 23.7 Å². The Morgan fingerprint density at radius 1 is 0.857 bits per heavy atom. The Kier molecular flexibility index (Phi) is 2.61. The molecule has 0 amide bonds. The van der Waals surface area contributed by atoms with Gasteiger partial charge in [0.25, 0.3) is 0 Å². The average Bonchev–Trinajstić information content (AvgIpc) is 2.55. The summed E-state index contributed by atoms with van der Waals surface area (Å²) >= 11 is 3.98. The first kappa shape index (κ1) is 9.65. The molecule has 2 aliphatic carbocycles. The largest absolute Gasteiger partial charge is 0.316 e. The molecule has 1 N–H and O–H groups in total. The van der Waals surface area contributed by atoms with Crippen LogP contribution in [0.1, 0.15) is 32.1 Å². The molecule has 0 spiro atoms. The van der Waals surface area contributed by atoms with Gasteiger partial charge in [-0.05, 0) is 56.0 Å². The van der Waals surface area contributed by atoms with Gasteiger partial charge in [0.15, 0.2) is 0 Å². The van der Waals surface area contributed by atoms with Gasteiger partial charge in [-0.2, -0.15) is 0 Å². The number of alkyl halides is 1. The molecule has 1 heterocycles. The number of rotatable bonds is 0. The Labute approximate surface area is 95.2 Å². The highest BCUT2D eigenvalue weighted by Crippen LogP contribution is 2.53. The van der Waals surface area contributed by atoms with Gasteiger partial charge in [0.1, 0.15) is 0 Å². The maximum Gasteiger partial charge on any atom is 0.0219 e. The number of hydrogen-bond donors (Lipinski definition) is 1. The van der Waals surface area contributed by atoms with Gasteiger partial charge >= 0.3 is 0 Å². The Hall–Kier alpha value is 0.440. The van der Waals surface area contributed by atoms with E-state index in [9.17, 15) is 0 Å². The third-order valence-corrected chi connectivity index (χ3v) is 6.19. The Balaban J connectivity index is 1.83. The molecule has 3 rings (SSSR count). The molecule has 5 atom stereocenters. The first-order valence-corrected chi connectivity index (χ1v) is 7.14. The van der Waals surface area contributed by atoms with E-state index in [1.165, 1.54) is 45.2 Å². The predicted molar refractivity (Wildman–Crippen MR) is 62.6 cm³/mol. The maximum atomic E-state index is 3.98. The van der Waals surface area contributed by atoms with Crippen LogP contribution < -0.4 is 5.32 Å². The fourth-order valence-electron chi connectivity index (χ4n) is 4.22. The summed E-state index contributed by atoms with van der Waals surface area (Å²) in [5.41, 5.74) is 0. The highest BCUT2D eigenvalue weighted by atomic mass is 79.9. The van der Waals surface area contributed by atoms with Crippen LogP contribution in [0.25, 0.3) is 0 Å². The van der Waals surface area contributed by atoms with E-state index >= 15 is 0 Å². The van der Waals surface area contributed by atoms with Gasteiger partial charge in [0.2, 0.25) is 0 Å². The molecule has 3 aliphatic rings. The third-order valence-electron chi connectivity index (χ3n) is 4.83. The highest BCUT2D eigenvalue weighted by molar-refractivity contribution is 9.09. The lowest BCUT2D eigenvalue weighted by molar-refractivity contribution is 0.191. The van der Waals surface area contributed by atoms with E-state index in [4.69, 9.17) is 0 Å². The van der Waals surface area contributed by atoms with Gasteiger partial charge in [-0.1, -0.05) is 28.8 Å². The van der Waals surface area contributed by atoms with E-state index in [1.807, 2.05) is 0 Å². The lowest BCUT2D eigenvalue weighted by atomic mass is 9.76. The standard InChI is InChI=1S/C12H20BrN/c13-12-10-4-2-1-3-8(10)9-5-6-14-7-11(9)12/h8-12,14H,1-7H2. The fourth-order valence-corrected chi connectivity index (χ4v) is 5.45. The van der Waals surface area contributed by atoms with Crippen molar-refractivity contribution < 1.29 is 0 Å². The number of fused-ring (bicyclic) bond motifs is 3. The molecule has 0 aromatic carbocycles. The third kappa shape index (κ3) is 1.37. The van der Waals surface area contributed by atoms with Crippen LogP contribution in [-0.4, -0.2) is 17.9 Å². The Morgan fingerprint density at radius 3 is 2.43 bits per heavy atom. The predicted octanol–water partition coefficient (Wildman–Crippen LogP) is 2.80. The SMILES string of the molecule is BrC1C2CCCCC2C2CCNCC12. The molecule has 0 radical (unpaired) electrons. The molecule has 1 aliphatic heterocycles. The summed E-state index contributed by atoms with van der Waals surface area (Å²) in [6.45, 7) is 2.54. The molecular formula is C12H20BrN. The first-order chi connectivity index (χ1) is 6.88. The summed E-state index contributed by atoms with van der Waals surface area (Å²) in [6.07, 6.45) is 7.43. The highest BCUT2D eigenvalue weighted by Gasteiger charge is 2.49. The Morgan fingerprint density at radius 2 is 1.57 bits per heavy atom. The molecule has 0 aromatic heterocycles. The van der Waals surface area contributed by atoms with E-state index in [0.29, 0.717) is 0 Å². The van der Waals surface area contributed by atoms with Gasteiger partial charge in [0.05, 0.1) is 0 Å². The second-order valence-electron chi connectivity index (χ2n) is 5.38. The summed E-state index contributed by atoms with van der Waals surface area (Å²) in [5.74, 6) is 4.07. The molecule has 0 aromatic rings. The van der Waals surface area contributed by atoms with Crippen molar-refractivity contribution in [1.29, 1.82) is 0 Å². The van der Waals surface area contributed by atoms with Crippen molar-refractivity contribution in [2.75, 3.05) is 13.1 Å². The van der Waals surface area contributed by atoms with Crippen molar-refractivity contribution in [1.82, 2.24) is 5.32 Å². The van der Waals surface area contributed by atoms with Crippen molar-refractivity contribution in [3.63, 3.8) is 0 Å². The van der Waals surface area contributed by atoms with E-state index in [2.05, 4.69) is 21.2 Å². The topological polar surface area (TPSA) is 12.0 Å². The van der Waals surface area contributed by atoms with E-state index < -0.39 is 0 Å². The molecule has 80 valence electrons. The monoisotopic (exact) mass is 257 g/mol. The van der Waals surface area contributed by atoms with E-state index in [0.717, 1.165) is 28.5 Å². The van der Waals surface area contributed by atoms with Crippen LogP contribution in [-0.2, 0) is 0 Å². The van der Waals surface area contributed by atoms with Crippen LogP contribution in [0.4, 0.5) is 0 Å². The summed E-state index contributed by atoms with van der Waals surface area (Å²) in [5, 5.41) is 3.57. The summed E-state index contributed by atoms with van der Waals surface area (Å²) in [6, 6.07) is 0. The van der Waals surface area contributed by atoms with Gasteiger partial charge in [-0.15, -0.1) is 0 Å². The zero-order chi connectivity index (χ0) is 9.54. The van der Waals surface area contributed by atoms with Gasteiger partial charge in [-0.25, -0.2) is 0 Å². The molecular weight excluding hydrogens is 238 g/mol. The van der Waals surface area contributed by atoms with Gasteiger partial charge in [-0.3, -0.25) is 0 Å². The normalized spacial score (nSPS) is 52.5. The zero-order valence-electron chi connectivity index (χ0n) is 8.71. The second-order valence-corrected chi connectivity index (χ2v) is 6.43. The molecule has 2 heteroatoms. The quantitative estimate of drug-likeness (QED) is 0.659. The van der Waals surface area contributed by atoms with Crippen LogP contribution in [0.5, 0.6) is 0 Å². The number of piperidine rings is 1. The number of halogens is 1. The number of nitrogens with one attached hydrogen (secondary N) is 1. The molecule has 2 saturated carbocycles. The minimum atomic E-state index is 0.825. The van der Waals surface area contributed by atoms with Crippen molar-refractivity contribution in [3.05, 3.63) is 0 Å². The van der Waals surface area contributed by atoms with Crippen LogP contribution >= 0.6 is 15.9 Å². The lowest BCUT2D eigenvalue weighted by Gasteiger charge is -2.32. The summed E-state index contributed by atoms with van der Waals surface area (Å²) in [7, 11) is 0. The van der Waals surface area contributed by atoms with Crippen molar-refractivity contribution in [3.8, 4) is 0 Å². The zero-order valence-corrected chi connectivity index (χ0v) is 10.3. The maximum absolute atomic E-state index is 3.98. The smallest absolute Gasteiger partial charge is 0.0219 e. The Bertz CT molecular complexity index is 196. The molecule has 1 saturated heterocycles. The van der Waals surface area contributed by atoms with Gasteiger partial charge < -0.3 is 5.32 Å². The van der Waals surface area contributed by atoms with Crippen LogP contribution in [0.2, 0.25) is 0 Å². The minimum Gasteiger partial charge on any atom is -0.316 e. The van der Waals surface area contributed by atoms with Gasteiger partial charge in [0, 0.05) is 4.83 Å². The van der Waals surface area contributed by atoms with Crippen molar-refractivity contribution in [2.24, 2.45) is 23.7 Å². The van der Waals surface area contributed by atoms with Crippen molar-refractivity contribution >= 4 is 15.9 Å². The molecule has 5 unspecified atom stereocenters.